The number of benzene rings is 2. The van der Waals surface area contributed by atoms with E-state index in [1.54, 1.807) is 0 Å². The van der Waals surface area contributed by atoms with Crippen LogP contribution >= 0.6 is 11.6 Å². The van der Waals surface area contributed by atoms with Crippen molar-refractivity contribution in [3.63, 3.8) is 0 Å². The summed E-state index contributed by atoms with van der Waals surface area (Å²) in [6.07, 6.45) is 0. The molecule has 0 unspecified atom stereocenters. The van der Waals surface area contributed by atoms with Gasteiger partial charge in [0.1, 0.15) is 22.3 Å². The fraction of sp³-hybridized carbons (Fsp3) is 0. The Morgan fingerprint density at radius 2 is 1.79 bits per heavy atom. The smallest absolute Gasteiger partial charge is 0.339 e. The van der Waals surface area contributed by atoms with Gasteiger partial charge in [-0.15, -0.1) is 0 Å². The Labute approximate surface area is 113 Å². The van der Waals surface area contributed by atoms with Crippen molar-refractivity contribution in [3.05, 3.63) is 59.1 Å². The van der Waals surface area contributed by atoms with Gasteiger partial charge in [0.05, 0.1) is 5.02 Å². The second kappa shape index (κ2) is 5.14. The van der Waals surface area contributed by atoms with Crippen LogP contribution in [-0.2, 0) is 10.1 Å². The van der Waals surface area contributed by atoms with E-state index in [4.69, 9.17) is 15.8 Å². The van der Waals surface area contributed by atoms with Gasteiger partial charge in [-0.2, -0.15) is 8.42 Å². The molecule has 2 rings (SSSR count). The molecule has 0 aliphatic rings. The first-order chi connectivity index (χ1) is 8.88. The average molecular weight is 305 g/mol. The molecular weight excluding hydrogens is 298 g/mol. The van der Waals surface area contributed by atoms with Crippen molar-refractivity contribution >= 4 is 21.7 Å². The largest absolute Gasteiger partial charge is 0.379 e. The molecule has 100 valence electrons. The maximum atomic E-state index is 12.9. The molecule has 2 aromatic carbocycles. The van der Waals surface area contributed by atoms with Crippen LogP contribution in [0.4, 0.5) is 8.78 Å². The highest BCUT2D eigenvalue weighted by Gasteiger charge is 2.18. The topological polar surface area (TPSA) is 43.4 Å². The first-order valence-electron chi connectivity index (χ1n) is 5.03. The highest BCUT2D eigenvalue weighted by atomic mass is 35.5. The lowest BCUT2D eigenvalue weighted by atomic mass is 10.3. The second-order valence-electron chi connectivity index (χ2n) is 3.57. The van der Waals surface area contributed by atoms with Gasteiger partial charge in [-0.3, -0.25) is 0 Å². The van der Waals surface area contributed by atoms with Crippen molar-refractivity contribution in [2.24, 2.45) is 0 Å². The fourth-order valence-corrected chi connectivity index (χ4v) is 2.52. The highest BCUT2D eigenvalue weighted by Crippen LogP contribution is 2.23. The summed E-state index contributed by atoms with van der Waals surface area (Å²) in [6, 6.07) is 7.49. The summed E-state index contributed by atoms with van der Waals surface area (Å²) in [4.78, 5) is -0.317. The summed E-state index contributed by atoms with van der Waals surface area (Å²) in [6.45, 7) is 0. The molecule has 0 heterocycles. The van der Waals surface area contributed by atoms with Gasteiger partial charge in [0, 0.05) is 6.07 Å². The zero-order valence-electron chi connectivity index (χ0n) is 9.31. The van der Waals surface area contributed by atoms with Crippen molar-refractivity contribution < 1.29 is 21.4 Å². The Bertz CT molecular complexity index is 717. The first-order valence-corrected chi connectivity index (χ1v) is 6.82. The summed E-state index contributed by atoms with van der Waals surface area (Å²) >= 11 is 5.49. The standard InChI is InChI=1S/C12H7ClF2O3S/c13-11-7-10(4-5-12(11)15)19(16,17)18-9-3-1-2-8(14)6-9/h1-7H. The highest BCUT2D eigenvalue weighted by molar-refractivity contribution is 7.87. The molecule has 0 amide bonds. The maximum Gasteiger partial charge on any atom is 0.339 e. The Morgan fingerprint density at radius 1 is 1.05 bits per heavy atom. The molecule has 0 saturated heterocycles. The van der Waals surface area contributed by atoms with Crippen molar-refractivity contribution in [2.45, 2.75) is 4.90 Å². The van der Waals surface area contributed by atoms with E-state index in [0.29, 0.717) is 0 Å². The minimum Gasteiger partial charge on any atom is -0.379 e. The monoisotopic (exact) mass is 304 g/mol. The quantitative estimate of drug-likeness (QED) is 0.816. The van der Waals surface area contributed by atoms with E-state index in [1.165, 1.54) is 12.1 Å². The SMILES string of the molecule is O=S(=O)(Oc1cccc(F)c1)c1ccc(F)c(Cl)c1. The molecule has 2 aromatic rings. The third-order valence-electron chi connectivity index (χ3n) is 2.18. The summed E-state index contributed by atoms with van der Waals surface area (Å²) in [5.74, 6) is -1.56. The molecular formula is C12H7ClF2O3S. The molecule has 0 spiro atoms. The van der Waals surface area contributed by atoms with Crippen LogP contribution in [0.15, 0.2) is 47.4 Å². The lowest BCUT2D eigenvalue weighted by molar-refractivity contribution is 0.483. The predicted octanol–water partition coefficient (Wildman–Crippen LogP) is 3.39. The molecule has 0 aliphatic carbocycles. The summed E-state index contributed by atoms with van der Waals surface area (Å²) in [5.41, 5.74) is 0. The van der Waals surface area contributed by atoms with Crippen LogP contribution in [0.1, 0.15) is 0 Å². The van der Waals surface area contributed by atoms with Crippen LogP contribution in [0.5, 0.6) is 5.75 Å². The first kappa shape index (κ1) is 13.8. The zero-order chi connectivity index (χ0) is 14.0. The molecule has 19 heavy (non-hydrogen) atoms. The molecule has 0 atom stereocenters. The van der Waals surface area contributed by atoms with Gasteiger partial charge in [0.15, 0.2) is 0 Å². The second-order valence-corrected chi connectivity index (χ2v) is 5.52. The van der Waals surface area contributed by atoms with E-state index >= 15 is 0 Å². The Hall–Kier alpha value is -1.66. The molecule has 0 aromatic heterocycles. The lowest BCUT2D eigenvalue weighted by Gasteiger charge is -2.07. The molecule has 0 N–H and O–H groups in total. The van der Waals surface area contributed by atoms with Crippen LogP contribution in [0.2, 0.25) is 5.02 Å². The molecule has 0 saturated carbocycles. The minimum atomic E-state index is -4.19. The third kappa shape index (κ3) is 3.21. The number of rotatable bonds is 3. The van der Waals surface area contributed by atoms with Crippen LogP contribution < -0.4 is 4.18 Å². The van der Waals surface area contributed by atoms with Crippen molar-refractivity contribution in [3.8, 4) is 5.75 Å². The van der Waals surface area contributed by atoms with Gasteiger partial charge in [-0.05, 0) is 30.3 Å². The van der Waals surface area contributed by atoms with Gasteiger partial charge >= 0.3 is 10.1 Å². The van der Waals surface area contributed by atoms with E-state index in [0.717, 1.165) is 30.3 Å². The molecule has 0 aliphatic heterocycles. The van der Waals surface area contributed by atoms with Crippen LogP contribution in [0.3, 0.4) is 0 Å². The molecule has 3 nitrogen and oxygen atoms in total. The molecule has 0 fully saturated rings. The third-order valence-corrected chi connectivity index (χ3v) is 3.71. The number of halogens is 3. The Balaban J connectivity index is 2.35. The summed E-state index contributed by atoms with van der Waals surface area (Å²) < 4.78 is 54.3. The molecule has 0 radical (unpaired) electrons. The van der Waals surface area contributed by atoms with E-state index in [9.17, 15) is 17.2 Å². The van der Waals surface area contributed by atoms with Gasteiger partial charge in [0.2, 0.25) is 0 Å². The zero-order valence-corrected chi connectivity index (χ0v) is 10.9. The van der Waals surface area contributed by atoms with Crippen molar-refractivity contribution in [1.82, 2.24) is 0 Å². The van der Waals surface area contributed by atoms with Crippen molar-refractivity contribution in [2.75, 3.05) is 0 Å². The van der Waals surface area contributed by atoms with E-state index in [1.807, 2.05) is 0 Å². The van der Waals surface area contributed by atoms with E-state index in [2.05, 4.69) is 0 Å². The van der Waals surface area contributed by atoms with E-state index < -0.39 is 21.8 Å². The summed E-state index contributed by atoms with van der Waals surface area (Å²) in [5, 5.41) is -0.344. The van der Waals surface area contributed by atoms with Crippen LogP contribution in [0.25, 0.3) is 0 Å². The van der Waals surface area contributed by atoms with Crippen LogP contribution in [-0.4, -0.2) is 8.42 Å². The normalized spacial score (nSPS) is 11.3. The lowest BCUT2D eigenvalue weighted by Crippen LogP contribution is -2.10. The average Bonchev–Trinajstić information content (AvgIpc) is 2.32. The Morgan fingerprint density at radius 3 is 2.42 bits per heavy atom. The fourth-order valence-electron chi connectivity index (χ4n) is 1.33. The maximum absolute atomic E-state index is 12.9. The predicted molar refractivity (Wildman–Crippen MR) is 65.6 cm³/mol. The van der Waals surface area contributed by atoms with Crippen LogP contribution in [0, 0.1) is 11.6 Å². The molecule has 7 heteroatoms. The van der Waals surface area contributed by atoms with E-state index in [-0.39, 0.29) is 15.7 Å². The summed E-state index contributed by atoms with van der Waals surface area (Å²) in [7, 11) is -4.19. The Kier molecular flexibility index (Phi) is 3.73. The van der Waals surface area contributed by atoms with Gasteiger partial charge in [0.25, 0.3) is 0 Å². The van der Waals surface area contributed by atoms with Crippen molar-refractivity contribution in [1.29, 1.82) is 0 Å². The van der Waals surface area contributed by atoms with Gasteiger partial charge < -0.3 is 4.18 Å². The number of hydrogen-bond acceptors (Lipinski definition) is 3. The molecule has 0 bridgehead atoms. The number of hydrogen-bond donors (Lipinski definition) is 0. The minimum absolute atomic E-state index is 0.180. The van der Waals surface area contributed by atoms with Gasteiger partial charge in [-0.1, -0.05) is 17.7 Å². The van der Waals surface area contributed by atoms with Gasteiger partial charge in [-0.25, -0.2) is 8.78 Å².